The number of hydrogen-bond donors (Lipinski definition) is 1. The van der Waals surface area contributed by atoms with Crippen LogP contribution in [-0.2, 0) is 14.3 Å². The van der Waals surface area contributed by atoms with Crippen molar-refractivity contribution in [3.05, 3.63) is 0 Å². The molecule has 1 rings (SSSR count). The maximum absolute atomic E-state index is 11.3. The van der Waals surface area contributed by atoms with Crippen LogP contribution in [0.15, 0.2) is 0 Å². The molecule has 5 heteroatoms. The second kappa shape index (κ2) is 8.44. The standard InChI is InChI=1S/C12H24N2O3/c1-3-4-6-17-12(15)9-13-8-11-10-14(2)5-7-16-11/h11,13H,3-10H2,1-2H3. The van der Waals surface area contributed by atoms with Gasteiger partial charge in [0, 0.05) is 19.6 Å². The summed E-state index contributed by atoms with van der Waals surface area (Å²) in [7, 11) is 2.08. The second-order valence-corrected chi connectivity index (χ2v) is 4.46. The molecule has 1 aliphatic rings. The zero-order chi connectivity index (χ0) is 12.5. The molecule has 100 valence electrons. The quantitative estimate of drug-likeness (QED) is 0.514. The van der Waals surface area contributed by atoms with E-state index >= 15 is 0 Å². The molecule has 1 heterocycles. The average Bonchev–Trinajstić information content (AvgIpc) is 2.29. The van der Waals surface area contributed by atoms with E-state index in [1.54, 1.807) is 0 Å². The molecule has 0 aromatic rings. The molecule has 0 aliphatic carbocycles. The molecule has 17 heavy (non-hydrogen) atoms. The van der Waals surface area contributed by atoms with Crippen LogP contribution < -0.4 is 5.32 Å². The lowest BCUT2D eigenvalue weighted by Gasteiger charge is -2.30. The molecule has 0 spiro atoms. The van der Waals surface area contributed by atoms with Crippen molar-refractivity contribution in [1.29, 1.82) is 0 Å². The third-order valence-corrected chi connectivity index (χ3v) is 2.74. The highest BCUT2D eigenvalue weighted by molar-refractivity contribution is 5.71. The first-order valence-electron chi connectivity index (χ1n) is 6.39. The number of ether oxygens (including phenoxy) is 2. The van der Waals surface area contributed by atoms with E-state index in [0.29, 0.717) is 13.2 Å². The van der Waals surface area contributed by atoms with Gasteiger partial charge in [-0.25, -0.2) is 0 Å². The Hall–Kier alpha value is -0.650. The van der Waals surface area contributed by atoms with Gasteiger partial charge in [-0.05, 0) is 13.5 Å². The Morgan fingerprint density at radius 2 is 2.41 bits per heavy atom. The molecule has 0 aromatic carbocycles. The number of carbonyl (C=O) groups is 1. The molecular weight excluding hydrogens is 220 g/mol. The maximum Gasteiger partial charge on any atom is 0.319 e. The van der Waals surface area contributed by atoms with Crippen molar-refractivity contribution in [1.82, 2.24) is 10.2 Å². The van der Waals surface area contributed by atoms with Crippen LogP contribution in [0.2, 0.25) is 0 Å². The summed E-state index contributed by atoms with van der Waals surface area (Å²) in [6.45, 7) is 6.24. The predicted molar refractivity (Wildman–Crippen MR) is 66.0 cm³/mol. The van der Waals surface area contributed by atoms with Gasteiger partial charge in [0.15, 0.2) is 0 Å². The third-order valence-electron chi connectivity index (χ3n) is 2.74. The van der Waals surface area contributed by atoms with Crippen molar-refractivity contribution in [2.24, 2.45) is 0 Å². The number of nitrogens with zero attached hydrogens (tertiary/aromatic N) is 1. The van der Waals surface area contributed by atoms with Crippen molar-refractivity contribution >= 4 is 5.97 Å². The number of carbonyl (C=O) groups excluding carboxylic acids is 1. The van der Waals surface area contributed by atoms with Gasteiger partial charge in [-0.3, -0.25) is 4.79 Å². The molecule has 1 N–H and O–H groups in total. The number of morpholine rings is 1. The van der Waals surface area contributed by atoms with Crippen molar-refractivity contribution < 1.29 is 14.3 Å². The normalized spacial score (nSPS) is 21.4. The fourth-order valence-electron chi connectivity index (χ4n) is 1.71. The first-order valence-corrected chi connectivity index (χ1v) is 6.39. The number of likely N-dealkylation sites (N-methyl/N-ethyl adjacent to an activating group) is 1. The Labute approximate surface area is 103 Å². The van der Waals surface area contributed by atoms with Gasteiger partial charge in [0.05, 0.1) is 25.9 Å². The first-order chi connectivity index (χ1) is 8.22. The van der Waals surface area contributed by atoms with E-state index in [-0.39, 0.29) is 18.6 Å². The molecule has 1 unspecified atom stereocenters. The van der Waals surface area contributed by atoms with Crippen LogP contribution in [0.3, 0.4) is 0 Å². The van der Waals surface area contributed by atoms with Gasteiger partial charge >= 0.3 is 5.97 Å². The number of nitrogens with one attached hydrogen (secondary N) is 1. The summed E-state index contributed by atoms with van der Waals surface area (Å²) in [5.41, 5.74) is 0. The molecule has 1 atom stereocenters. The number of rotatable bonds is 7. The van der Waals surface area contributed by atoms with Crippen molar-refractivity contribution in [2.75, 3.05) is 46.4 Å². The highest BCUT2D eigenvalue weighted by Gasteiger charge is 2.17. The summed E-state index contributed by atoms with van der Waals surface area (Å²) >= 11 is 0. The summed E-state index contributed by atoms with van der Waals surface area (Å²) in [5, 5.41) is 3.08. The fraction of sp³-hybridized carbons (Fsp3) is 0.917. The first kappa shape index (κ1) is 14.4. The summed E-state index contributed by atoms with van der Waals surface area (Å²) in [5.74, 6) is -0.178. The monoisotopic (exact) mass is 244 g/mol. The Bertz CT molecular complexity index is 224. The van der Waals surface area contributed by atoms with Crippen molar-refractivity contribution in [2.45, 2.75) is 25.9 Å². The van der Waals surface area contributed by atoms with Crippen molar-refractivity contribution in [3.8, 4) is 0 Å². The molecule has 0 amide bonds. The van der Waals surface area contributed by atoms with Gasteiger partial charge in [-0.15, -0.1) is 0 Å². The summed E-state index contributed by atoms with van der Waals surface area (Å²) in [4.78, 5) is 13.5. The van der Waals surface area contributed by atoms with E-state index < -0.39 is 0 Å². The smallest absolute Gasteiger partial charge is 0.319 e. The van der Waals surface area contributed by atoms with E-state index in [0.717, 1.165) is 32.5 Å². The summed E-state index contributed by atoms with van der Waals surface area (Å²) in [6.07, 6.45) is 2.16. The lowest BCUT2D eigenvalue weighted by molar-refractivity contribution is -0.142. The lowest BCUT2D eigenvalue weighted by Crippen LogP contribution is -2.45. The summed E-state index contributed by atoms with van der Waals surface area (Å²) in [6, 6.07) is 0. The van der Waals surface area contributed by atoms with Gasteiger partial charge in [-0.2, -0.15) is 0 Å². The SMILES string of the molecule is CCCCOC(=O)CNCC1CN(C)CCO1. The van der Waals surface area contributed by atoms with Gasteiger partial charge in [-0.1, -0.05) is 13.3 Å². The zero-order valence-corrected chi connectivity index (χ0v) is 10.9. The minimum absolute atomic E-state index is 0.178. The Morgan fingerprint density at radius 1 is 1.59 bits per heavy atom. The van der Waals surface area contributed by atoms with E-state index in [1.807, 2.05) is 0 Å². The van der Waals surface area contributed by atoms with Crippen LogP contribution in [0.4, 0.5) is 0 Å². The van der Waals surface area contributed by atoms with Crippen LogP contribution in [-0.4, -0.2) is 63.4 Å². The van der Waals surface area contributed by atoms with Gasteiger partial charge in [0.25, 0.3) is 0 Å². The van der Waals surface area contributed by atoms with E-state index in [2.05, 4.69) is 24.2 Å². The Kier molecular flexibility index (Phi) is 7.16. The van der Waals surface area contributed by atoms with Gasteiger partial charge < -0.3 is 19.7 Å². The topological polar surface area (TPSA) is 50.8 Å². The van der Waals surface area contributed by atoms with Crippen LogP contribution in [0.5, 0.6) is 0 Å². The van der Waals surface area contributed by atoms with Crippen LogP contribution >= 0.6 is 0 Å². The molecule has 5 nitrogen and oxygen atoms in total. The lowest BCUT2D eigenvalue weighted by atomic mass is 10.3. The molecule has 1 fully saturated rings. The minimum Gasteiger partial charge on any atom is -0.465 e. The van der Waals surface area contributed by atoms with Gasteiger partial charge in [0.1, 0.15) is 0 Å². The third kappa shape index (κ3) is 6.61. The zero-order valence-electron chi connectivity index (χ0n) is 10.9. The van der Waals surface area contributed by atoms with E-state index in [4.69, 9.17) is 9.47 Å². The van der Waals surface area contributed by atoms with E-state index in [1.165, 1.54) is 0 Å². The predicted octanol–water partition coefficient (Wildman–Crippen LogP) is 0.250. The average molecular weight is 244 g/mol. The molecule has 0 saturated carbocycles. The van der Waals surface area contributed by atoms with Crippen LogP contribution in [0, 0.1) is 0 Å². The molecule has 0 bridgehead atoms. The van der Waals surface area contributed by atoms with Crippen molar-refractivity contribution in [3.63, 3.8) is 0 Å². The van der Waals surface area contributed by atoms with Crippen LogP contribution in [0.25, 0.3) is 0 Å². The number of esters is 1. The van der Waals surface area contributed by atoms with E-state index in [9.17, 15) is 4.79 Å². The molecular formula is C12H24N2O3. The molecule has 0 radical (unpaired) electrons. The van der Waals surface area contributed by atoms with Crippen LogP contribution in [0.1, 0.15) is 19.8 Å². The largest absolute Gasteiger partial charge is 0.465 e. The molecule has 0 aromatic heterocycles. The fourth-order valence-corrected chi connectivity index (χ4v) is 1.71. The molecule has 1 aliphatic heterocycles. The maximum atomic E-state index is 11.3. The summed E-state index contributed by atoms with van der Waals surface area (Å²) < 4.78 is 10.6. The Balaban J connectivity index is 2.00. The van der Waals surface area contributed by atoms with Gasteiger partial charge in [0.2, 0.25) is 0 Å². The second-order valence-electron chi connectivity index (χ2n) is 4.46. The number of unbranched alkanes of at least 4 members (excludes halogenated alkanes) is 1. The molecule has 1 saturated heterocycles. The number of hydrogen-bond acceptors (Lipinski definition) is 5. The highest BCUT2D eigenvalue weighted by Crippen LogP contribution is 2.01. The Morgan fingerprint density at radius 3 is 3.12 bits per heavy atom. The highest BCUT2D eigenvalue weighted by atomic mass is 16.5. The minimum atomic E-state index is -0.178.